The van der Waals surface area contributed by atoms with Crippen LogP contribution in [0, 0.1) is 5.41 Å². The largest absolute Gasteiger partial charge is 0.493 e. The molecule has 31 heavy (non-hydrogen) atoms. The molecule has 1 aliphatic heterocycles. The van der Waals surface area contributed by atoms with Crippen molar-refractivity contribution < 1.29 is 14.3 Å². The molecule has 8 nitrogen and oxygen atoms in total. The van der Waals surface area contributed by atoms with Gasteiger partial charge in [-0.15, -0.1) is 0 Å². The van der Waals surface area contributed by atoms with E-state index in [9.17, 15) is 14.4 Å². The van der Waals surface area contributed by atoms with Crippen LogP contribution in [0.2, 0.25) is 0 Å². The maximum Gasteiger partial charge on any atom is 0.332 e. The molecule has 4 rings (SSSR count). The molecular weight excluding hydrogens is 398 g/mol. The normalized spacial score (nSPS) is 19.4. The number of hydrogen-bond acceptors (Lipinski definition) is 6. The van der Waals surface area contributed by atoms with E-state index in [1.54, 1.807) is 20.2 Å². The lowest BCUT2D eigenvalue weighted by atomic mass is 9.69. The maximum absolute atomic E-state index is 13.4. The summed E-state index contributed by atoms with van der Waals surface area (Å²) in [5, 5.41) is 3.26. The lowest BCUT2D eigenvalue weighted by molar-refractivity contribution is -0.118. The number of benzene rings is 1. The topological polar surface area (TPSA) is 91.6 Å². The Labute approximate surface area is 180 Å². The van der Waals surface area contributed by atoms with Gasteiger partial charge in [0.15, 0.2) is 17.3 Å². The number of para-hydroxylation sites is 1. The van der Waals surface area contributed by atoms with Crippen LogP contribution in [-0.2, 0) is 18.9 Å². The summed E-state index contributed by atoms with van der Waals surface area (Å²) in [7, 11) is 6.14. The van der Waals surface area contributed by atoms with Crippen LogP contribution in [-0.4, -0.2) is 29.1 Å². The predicted molar refractivity (Wildman–Crippen MR) is 117 cm³/mol. The smallest absolute Gasteiger partial charge is 0.332 e. The minimum Gasteiger partial charge on any atom is -0.493 e. The maximum atomic E-state index is 13.4. The quantitative estimate of drug-likeness (QED) is 0.812. The fourth-order valence-corrected chi connectivity index (χ4v) is 4.80. The van der Waals surface area contributed by atoms with Gasteiger partial charge in [0, 0.05) is 37.3 Å². The van der Waals surface area contributed by atoms with Crippen LogP contribution in [0.5, 0.6) is 11.5 Å². The number of nitrogens with zero attached hydrogens (tertiary/aromatic N) is 2. The minimum absolute atomic E-state index is 0.0184. The number of fused-ring (bicyclic) bond motifs is 1. The summed E-state index contributed by atoms with van der Waals surface area (Å²) in [5.41, 5.74) is 1.19. The Balaban J connectivity index is 2.12. The Morgan fingerprint density at radius 2 is 1.74 bits per heavy atom. The number of hydrogen-bond donors (Lipinski definition) is 1. The molecule has 0 saturated carbocycles. The number of ether oxygens (including phenoxy) is 2. The highest BCUT2D eigenvalue weighted by atomic mass is 16.5. The first kappa shape index (κ1) is 21.0. The predicted octanol–water partition coefficient (Wildman–Crippen LogP) is 2.30. The summed E-state index contributed by atoms with van der Waals surface area (Å²) in [6, 6.07) is 5.41. The van der Waals surface area contributed by atoms with E-state index in [2.05, 4.69) is 5.32 Å². The number of carbonyl (C=O) groups excluding carboxylic acids is 1. The highest BCUT2D eigenvalue weighted by molar-refractivity contribution is 6.01. The summed E-state index contributed by atoms with van der Waals surface area (Å²) in [6.07, 6.45) is 0.997. The van der Waals surface area contributed by atoms with Gasteiger partial charge in [-0.3, -0.25) is 18.7 Å². The summed E-state index contributed by atoms with van der Waals surface area (Å²) in [6.45, 7) is 4.08. The van der Waals surface area contributed by atoms with E-state index in [1.807, 2.05) is 26.0 Å². The summed E-state index contributed by atoms with van der Waals surface area (Å²) in [4.78, 5) is 39.4. The van der Waals surface area contributed by atoms with Crippen molar-refractivity contribution in [2.24, 2.45) is 19.5 Å². The van der Waals surface area contributed by atoms with E-state index in [1.165, 1.54) is 18.7 Å². The van der Waals surface area contributed by atoms with Crippen molar-refractivity contribution in [3.8, 4) is 11.5 Å². The SMILES string of the molecule is COc1cccc(C2C3=C(CC(C)(C)CC3=O)Nc3c2c(=O)n(C)c(=O)n3C)c1OC. The molecule has 1 unspecified atom stereocenters. The number of methoxy groups -OCH3 is 2. The van der Waals surface area contributed by atoms with Gasteiger partial charge >= 0.3 is 5.69 Å². The van der Waals surface area contributed by atoms with Crippen LogP contribution in [0.3, 0.4) is 0 Å². The second kappa shape index (κ2) is 7.14. The van der Waals surface area contributed by atoms with Crippen LogP contribution in [0.25, 0.3) is 0 Å². The van der Waals surface area contributed by atoms with E-state index >= 15 is 0 Å². The number of allylic oxidation sites excluding steroid dienone is 2. The highest BCUT2D eigenvalue weighted by Gasteiger charge is 2.44. The first-order valence-electron chi connectivity index (χ1n) is 10.2. The standard InChI is InChI=1S/C23H27N3O5/c1-23(2)10-13-17(14(27)11-23)16(12-8-7-9-15(30-5)19(12)31-6)18-20(24-13)25(3)22(29)26(4)21(18)28/h7-9,16,24H,10-11H2,1-6H3. The van der Waals surface area contributed by atoms with Crippen molar-refractivity contribution in [3.63, 3.8) is 0 Å². The number of Topliss-reactive ketones (excluding diaryl/α,β-unsaturated/α-hetero) is 1. The summed E-state index contributed by atoms with van der Waals surface area (Å²) in [5.74, 6) is 0.684. The molecule has 2 aliphatic rings. The lowest BCUT2D eigenvalue weighted by Gasteiger charge is -2.39. The first-order valence-corrected chi connectivity index (χ1v) is 10.2. The lowest BCUT2D eigenvalue weighted by Crippen LogP contribution is -2.45. The van der Waals surface area contributed by atoms with Crippen molar-refractivity contribution in [2.45, 2.75) is 32.6 Å². The molecule has 1 aliphatic carbocycles. The second-order valence-electron chi connectivity index (χ2n) is 8.94. The Hall–Kier alpha value is -3.29. The van der Waals surface area contributed by atoms with Crippen LogP contribution in [0.1, 0.15) is 43.7 Å². The van der Waals surface area contributed by atoms with Gasteiger partial charge in [0.2, 0.25) is 0 Å². The molecule has 164 valence electrons. The average Bonchev–Trinajstić information content (AvgIpc) is 2.73. The number of ketones is 1. The fourth-order valence-electron chi connectivity index (χ4n) is 4.80. The molecule has 2 aromatic rings. The van der Waals surface area contributed by atoms with Crippen molar-refractivity contribution in [3.05, 3.63) is 61.4 Å². The third-order valence-corrected chi connectivity index (χ3v) is 6.21. The van der Waals surface area contributed by atoms with E-state index in [4.69, 9.17) is 9.47 Å². The number of nitrogens with one attached hydrogen (secondary N) is 1. The van der Waals surface area contributed by atoms with Gasteiger partial charge in [0.25, 0.3) is 5.56 Å². The van der Waals surface area contributed by atoms with E-state index in [-0.39, 0.29) is 11.2 Å². The first-order chi connectivity index (χ1) is 14.6. The van der Waals surface area contributed by atoms with Crippen LogP contribution < -0.4 is 26.0 Å². The van der Waals surface area contributed by atoms with Gasteiger partial charge in [-0.05, 0) is 17.9 Å². The zero-order chi connectivity index (χ0) is 22.7. The number of rotatable bonds is 3. The number of anilines is 1. The molecule has 1 aromatic heterocycles. The molecule has 1 N–H and O–H groups in total. The Morgan fingerprint density at radius 3 is 2.39 bits per heavy atom. The fraction of sp³-hybridized carbons (Fsp3) is 0.435. The minimum atomic E-state index is -0.676. The zero-order valence-corrected chi connectivity index (χ0v) is 18.7. The highest BCUT2D eigenvalue weighted by Crippen LogP contribution is 2.50. The van der Waals surface area contributed by atoms with E-state index in [0.29, 0.717) is 46.9 Å². The molecule has 2 heterocycles. The van der Waals surface area contributed by atoms with Crippen LogP contribution in [0.15, 0.2) is 39.1 Å². The van der Waals surface area contributed by atoms with Crippen molar-refractivity contribution in [1.29, 1.82) is 0 Å². The molecule has 0 fully saturated rings. The Bertz CT molecular complexity index is 1250. The van der Waals surface area contributed by atoms with Crippen molar-refractivity contribution in [1.82, 2.24) is 9.13 Å². The van der Waals surface area contributed by atoms with Gasteiger partial charge in [-0.1, -0.05) is 26.0 Å². The number of carbonyl (C=O) groups is 1. The molecule has 1 aromatic carbocycles. The molecule has 0 spiro atoms. The Morgan fingerprint density at radius 1 is 1.03 bits per heavy atom. The van der Waals surface area contributed by atoms with Gasteiger partial charge in [-0.25, -0.2) is 4.79 Å². The summed E-state index contributed by atoms with van der Waals surface area (Å²) < 4.78 is 13.6. The molecule has 0 bridgehead atoms. The molecule has 0 amide bonds. The molecule has 1 atom stereocenters. The van der Waals surface area contributed by atoms with Crippen LogP contribution in [0.4, 0.5) is 5.82 Å². The monoisotopic (exact) mass is 425 g/mol. The van der Waals surface area contributed by atoms with Gasteiger partial charge in [0.05, 0.1) is 25.7 Å². The van der Waals surface area contributed by atoms with Gasteiger partial charge in [-0.2, -0.15) is 0 Å². The van der Waals surface area contributed by atoms with Crippen molar-refractivity contribution >= 4 is 11.6 Å². The molecule has 8 heteroatoms. The second-order valence-corrected chi connectivity index (χ2v) is 8.94. The van der Waals surface area contributed by atoms with Gasteiger partial charge < -0.3 is 14.8 Å². The third-order valence-electron chi connectivity index (χ3n) is 6.21. The Kier molecular flexibility index (Phi) is 4.83. The van der Waals surface area contributed by atoms with E-state index < -0.39 is 17.2 Å². The average molecular weight is 425 g/mol. The molecule has 0 radical (unpaired) electrons. The zero-order valence-electron chi connectivity index (χ0n) is 18.7. The van der Waals surface area contributed by atoms with Crippen molar-refractivity contribution in [2.75, 3.05) is 19.5 Å². The third kappa shape index (κ3) is 3.08. The summed E-state index contributed by atoms with van der Waals surface area (Å²) >= 11 is 0. The van der Waals surface area contributed by atoms with Crippen LogP contribution >= 0.6 is 0 Å². The molecular formula is C23H27N3O5. The van der Waals surface area contributed by atoms with Gasteiger partial charge in [0.1, 0.15) is 5.82 Å². The molecule has 0 saturated heterocycles. The number of aromatic nitrogens is 2. The van der Waals surface area contributed by atoms with E-state index in [0.717, 1.165) is 10.3 Å².